The van der Waals surface area contributed by atoms with Crippen LogP contribution in [0.25, 0.3) is 5.76 Å². The van der Waals surface area contributed by atoms with Crippen LogP contribution in [0.5, 0.6) is 5.75 Å². The molecule has 0 spiro atoms. The van der Waals surface area contributed by atoms with Crippen LogP contribution in [0.1, 0.15) is 35.2 Å². The highest BCUT2D eigenvalue weighted by molar-refractivity contribution is 6.51. The maximum absolute atomic E-state index is 13.3. The van der Waals surface area contributed by atoms with E-state index < -0.39 is 17.7 Å². The molecule has 1 heterocycles. The van der Waals surface area contributed by atoms with Crippen molar-refractivity contribution in [2.75, 3.05) is 11.5 Å². The normalized spacial score (nSPS) is 17.3. The Kier molecular flexibility index (Phi) is 6.69. The van der Waals surface area contributed by atoms with Gasteiger partial charge in [-0.1, -0.05) is 41.4 Å². The number of Topliss-reactive ketones (excluding diaryl/α,β-unsaturated/α-hetero) is 1. The lowest BCUT2D eigenvalue weighted by molar-refractivity contribution is -0.132. The third-order valence-corrected chi connectivity index (χ3v) is 6.47. The van der Waals surface area contributed by atoms with Crippen LogP contribution in [0.4, 0.5) is 5.69 Å². The molecule has 4 rings (SSSR count). The van der Waals surface area contributed by atoms with Crippen molar-refractivity contribution in [3.8, 4) is 5.75 Å². The van der Waals surface area contributed by atoms with Crippen molar-refractivity contribution in [1.29, 1.82) is 0 Å². The van der Waals surface area contributed by atoms with Gasteiger partial charge < -0.3 is 9.84 Å². The third-order valence-electron chi connectivity index (χ3n) is 5.81. The smallest absolute Gasteiger partial charge is 0.300 e. The Bertz CT molecular complexity index is 1310. The van der Waals surface area contributed by atoms with Crippen LogP contribution in [0.3, 0.4) is 0 Å². The summed E-state index contributed by atoms with van der Waals surface area (Å²) in [6, 6.07) is 16.3. The predicted molar refractivity (Wildman–Crippen MR) is 135 cm³/mol. The second kappa shape index (κ2) is 9.53. The standard InChI is InChI=1S/C27H23Cl2NO4/c1-4-34-22-12-8-18(13-16(22)3)25(31)23-24(17-6-9-19(28)10-7-17)30(27(33)26(23)32)20-11-5-15(2)21(29)14-20/h5-14,24,31H,4H2,1-3H3/b25-23+. The largest absolute Gasteiger partial charge is 0.507 e. The molecule has 1 N–H and O–H groups in total. The number of carbonyl (C=O) groups is 2. The van der Waals surface area contributed by atoms with Crippen LogP contribution in [-0.4, -0.2) is 23.4 Å². The number of halogens is 2. The van der Waals surface area contributed by atoms with Crippen LogP contribution in [0.2, 0.25) is 10.0 Å². The van der Waals surface area contributed by atoms with Gasteiger partial charge in [0.25, 0.3) is 11.7 Å². The number of aliphatic hydroxyl groups is 1. The molecule has 1 atom stereocenters. The Hall–Kier alpha value is -3.28. The van der Waals surface area contributed by atoms with Crippen molar-refractivity contribution in [2.24, 2.45) is 0 Å². The number of hydrogen-bond donors (Lipinski definition) is 1. The molecule has 174 valence electrons. The number of ketones is 1. The van der Waals surface area contributed by atoms with E-state index in [1.54, 1.807) is 60.7 Å². The molecule has 5 nitrogen and oxygen atoms in total. The number of aryl methyl sites for hydroxylation is 2. The van der Waals surface area contributed by atoms with Gasteiger partial charge >= 0.3 is 0 Å². The highest BCUT2D eigenvalue weighted by Gasteiger charge is 2.47. The van der Waals surface area contributed by atoms with Crippen LogP contribution < -0.4 is 9.64 Å². The third kappa shape index (κ3) is 4.29. The fourth-order valence-electron chi connectivity index (χ4n) is 4.06. The van der Waals surface area contributed by atoms with E-state index in [1.165, 1.54) is 4.90 Å². The topological polar surface area (TPSA) is 66.8 Å². The van der Waals surface area contributed by atoms with E-state index >= 15 is 0 Å². The maximum atomic E-state index is 13.3. The molecule has 3 aromatic rings. The molecule has 0 radical (unpaired) electrons. The van der Waals surface area contributed by atoms with Crippen molar-refractivity contribution < 1.29 is 19.4 Å². The van der Waals surface area contributed by atoms with E-state index in [4.69, 9.17) is 27.9 Å². The van der Waals surface area contributed by atoms with Crippen LogP contribution in [0.15, 0.2) is 66.2 Å². The maximum Gasteiger partial charge on any atom is 0.300 e. The molecule has 1 fully saturated rings. The molecule has 3 aromatic carbocycles. The number of ether oxygens (including phenoxy) is 1. The Labute approximate surface area is 208 Å². The molecule has 1 saturated heterocycles. The first-order chi connectivity index (χ1) is 16.2. The summed E-state index contributed by atoms with van der Waals surface area (Å²) in [6.45, 7) is 6.10. The first-order valence-electron chi connectivity index (χ1n) is 10.8. The number of benzene rings is 3. The van der Waals surface area contributed by atoms with Crippen molar-refractivity contribution in [3.05, 3.63) is 98.5 Å². The molecule has 1 aliphatic heterocycles. The number of anilines is 1. The Morgan fingerprint density at radius 1 is 0.971 bits per heavy atom. The molecule has 1 aliphatic rings. The van der Waals surface area contributed by atoms with Gasteiger partial charge in [0.2, 0.25) is 0 Å². The summed E-state index contributed by atoms with van der Waals surface area (Å²) < 4.78 is 5.58. The first kappa shape index (κ1) is 23.9. The quantitative estimate of drug-likeness (QED) is 0.245. The fourth-order valence-corrected chi connectivity index (χ4v) is 4.36. The van der Waals surface area contributed by atoms with E-state index in [1.807, 2.05) is 20.8 Å². The summed E-state index contributed by atoms with van der Waals surface area (Å²) in [5.41, 5.74) is 3.14. The summed E-state index contributed by atoms with van der Waals surface area (Å²) in [5, 5.41) is 12.3. The van der Waals surface area contributed by atoms with Crippen molar-refractivity contribution >= 4 is 46.3 Å². The molecule has 34 heavy (non-hydrogen) atoms. The van der Waals surface area contributed by atoms with Gasteiger partial charge in [-0.3, -0.25) is 14.5 Å². The average Bonchev–Trinajstić information content (AvgIpc) is 3.07. The predicted octanol–water partition coefficient (Wildman–Crippen LogP) is 6.64. The summed E-state index contributed by atoms with van der Waals surface area (Å²) in [6.07, 6.45) is 0. The van der Waals surface area contributed by atoms with Gasteiger partial charge in [0.05, 0.1) is 18.2 Å². The van der Waals surface area contributed by atoms with Gasteiger partial charge in [-0.05, 0) is 79.9 Å². The fraction of sp³-hybridized carbons (Fsp3) is 0.185. The molecule has 7 heteroatoms. The molecule has 0 aromatic heterocycles. The van der Waals surface area contributed by atoms with E-state index in [0.717, 1.165) is 11.1 Å². The summed E-state index contributed by atoms with van der Waals surface area (Å²) in [4.78, 5) is 27.9. The van der Waals surface area contributed by atoms with Gasteiger partial charge in [-0.15, -0.1) is 0 Å². The van der Waals surface area contributed by atoms with Crippen LogP contribution in [0, 0.1) is 13.8 Å². The monoisotopic (exact) mass is 495 g/mol. The summed E-state index contributed by atoms with van der Waals surface area (Å²) in [7, 11) is 0. The van der Waals surface area contributed by atoms with Gasteiger partial charge in [-0.25, -0.2) is 0 Å². The zero-order chi connectivity index (χ0) is 24.6. The number of nitrogens with zero attached hydrogens (tertiary/aromatic N) is 1. The van der Waals surface area contributed by atoms with Crippen molar-refractivity contribution in [3.63, 3.8) is 0 Å². The molecule has 0 bridgehead atoms. The zero-order valence-electron chi connectivity index (χ0n) is 18.9. The van der Waals surface area contributed by atoms with Gasteiger partial charge in [0.15, 0.2) is 0 Å². The van der Waals surface area contributed by atoms with Crippen LogP contribution >= 0.6 is 23.2 Å². The average molecular weight is 496 g/mol. The second-order valence-electron chi connectivity index (χ2n) is 8.07. The van der Waals surface area contributed by atoms with E-state index in [2.05, 4.69) is 0 Å². The van der Waals surface area contributed by atoms with Crippen molar-refractivity contribution in [2.45, 2.75) is 26.8 Å². The Balaban J connectivity index is 1.92. The minimum atomic E-state index is -0.858. The number of carbonyl (C=O) groups excluding carboxylic acids is 2. The number of aliphatic hydroxyl groups excluding tert-OH is 1. The lowest BCUT2D eigenvalue weighted by Crippen LogP contribution is -2.29. The van der Waals surface area contributed by atoms with Gasteiger partial charge in [-0.2, -0.15) is 0 Å². The van der Waals surface area contributed by atoms with E-state index in [0.29, 0.717) is 39.2 Å². The Morgan fingerprint density at radius 2 is 1.68 bits per heavy atom. The summed E-state index contributed by atoms with van der Waals surface area (Å²) in [5.74, 6) is -1.10. The molecular weight excluding hydrogens is 473 g/mol. The number of rotatable bonds is 5. The number of amides is 1. The van der Waals surface area contributed by atoms with Gasteiger partial charge in [0, 0.05) is 21.3 Å². The highest BCUT2D eigenvalue weighted by atomic mass is 35.5. The van der Waals surface area contributed by atoms with Crippen molar-refractivity contribution in [1.82, 2.24) is 0 Å². The zero-order valence-corrected chi connectivity index (χ0v) is 20.4. The Morgan fingerprint density at radius 3 is 2.29 bits per heavy atom. The SMILES string of the molecule is CCOc1ccc(/C(O)=C2\C(=O)C(=O)N(c3ccc(C)c(Cl)c3)C2c2ccc(Cl)cc2)cc1C. The van der Waals surface area contributed by atoms with Gasteiger partial charge in [0.1, 0.15) is 11.5 Å². The summed E-state index contributed by atoms with van der Waals surface area (Å²) >= 11 is 12.4. The van der Waals surface area contributed by atoms with Crippen LogP contribution in [-0.2, 0) is 9.59 Å². The molecular formula is C27H23Cl2NO4. The minimum absolute atomic E-state index is 0.00687. The second-order valence-corrected chi connectivity index (χ2v) is 8.91. The lowest BCUT2D eigenvalue weighted by Gasteiger charge is -2.26. The molecule has 0 saturated carbocycles. The van der Waals surface area contributed by atoms with E-state index in [-0.39, 0.29) is 11.3 Å². The van der Waals surface area contributed by atoms with E-state index in [9.17, 15) is 14.7 Å². The first-order valence-corrected chi connectivity index (χ1v) is 11.5. The number of hydrogen-bond acceptors (Lipinski definition) is 4. The lowest BCUT2D eigenvalue weighted by atomic mass is 9.94. The molecule has 1 amide bonds. The minimum Gasteiger partial charge on any atom is -0.507 e. The molecule has 0 aliphatic carbocycles. The highest BCUT2D eigenvalue weighted by Crippen LogP contribution is 2.43. The molecule has 1 unspecified atom stereocenters.